The zero-order chi connectivity index (χ0) is 15.4. The fourth-order valence-corrected chi connectivity index (χ4v) is 2.20. The molecule has 1 amide bonds. The van der Waals surface area contributed by atoms with E-state index in [0.717, 1.165) is 13.1 Å². The Hall–Kier alpha value is -2.19. The van der Waals surface area contributed by atoms with Gasteiger partial charge in [-0.15, -0.1) is 0 Å². The molecule has 0 spiro atoms. The first-order valence-electron chi connectivity index (χ1n) is 6.59. The van der Waals surface area contributed by atoms with Crippen molar-refractivity contribution in [2.45, 2.75) is 6.10 Å². The quantitative estimate of drug-likeness (QED) is 0.602. The van der Waals surface area contributed by atoms with E-state index in [1.54, 1.807) is 0 Å². The summed E-state index contributed by atoms with van der Waals surface area (Å²) >= 11 is 0. The van der Waals surface area contributed by atoms with E-state index in [1.807, 2.05) is 7.05 Å². The Labute approximate surface area is 122 Å². The lowest BCUT2D eigenvalue weighted by Crippen LogP contribution is -2.43. The van der Waals surface area contributed by atoms with Crippen LogP contribution in [0.15, 0.2) is 18.2 Å². The number of nitro groups is 1. The molecule has 0 saturated carbocycles. The largest absolute Gasteiger partial charge is 0.377 e. The SMILES string of the molecule is CN1CCOC(CNc2ccc(C(N)=O)cc2[N+](=O)[O-])C1. The van der Waals surface area contributed by atoms with E-state index in [1.165, 1.54) is 18.2 Å². The Morgan fingerprint density at radius 3 is 3.00 bits per heavy atom. The first-order valence-corrected chi connectivity index (χ1v) is 6.59. The van der Waals surface area contributed by atoms with Crippen LogP contribution in [0, 0.1) is 10.1 Å². The average Bonchev–Trinajstić information content (AvgIpc) is 2.44. The average molecular weight is 294 g/mol. The van der Waals surface area contributed by atoms with Crippen LogP contribution in [-0.4, -0.2) is 55.1 Å². The lowest BCUT2D eigenvalue weighted by atomic mass is 10.1. The van der Waals surface area contributed by atoms with E-state index < -0.39 is 10.8 Å². The molecule has 1 saturated heterocycles. The second-order valence-corrected chi connectivity index (χ2v) is 4.99. The highest BCUT2D eigenvalue weighted by Crippen LogP contribution is 2.25. The van der Waals surface area contributed by atoms with E-state index in [-0.39, 0.29) is 17.4 Å². The molecular formula is C13H18N4O4. The van der Waals surface area contributed by atoms with Crippen molar-refractivity contribution in [1.82, 2.24) is 4.90 Å². The number of nitrogens with two attached hydrogens (primary N) is 1. The van der Waals surface area contributed by atoms with Gasteiger partial charge in [-0.1, -0.05) is 0 Å². The van der Waals surface area contributed by atoms with Crippen LogP contribution in [0.3, 0.4) is 0 Å². The van der Waals surface area contributed by atoms with Crippen LogP contribution in [0.5, 0.6) is 0 Å². The van der Waals surface area contributed by atoms with E-state index in [4.69, 9.17) is 10.5 Å². The first-order chi connectivity index (χ1) is 9.97. The maximum absolute atomic E-state index is 11.1. The summed E-state index contributed by atoms with van der Waals surface area (Å²) in [7, 11) is 2.00. The van der Waals surface area contributed by atoms with Gasteiger partial charge in [-0.05, 0) is 19.2 Å². The molecule has 114 valence electrons. The van der Waals surface area contributed by atoms with E-state index >= 15 is 0 Å². The van der Waals surface area contributed by atoms with Crippen LogP contribution >= 0.6 is 0 Å². The molecule has 1 aromatic carbocycles. The second-order valence-electron chi connectivity index (χ2n) is 4.99. The van der Waals surface area contributed by atoms with Crippen molar-refractivity contribution in [3.8, 4) is 0 Å². The molecule has 3 N–H and O–H groups in total. The van der Waals surface area contributed by atoms with Crippen LogP contribution in [0.2, 0.25) is 0 Å². The van der Waals surface area contributed by atoms with Gasteiger partial charge in [-0.25, -0.2) is 0 Å². The predicted molar refractivity (Wildman–Crippen MR) is 77.3 cm³/mol. The zero-order valence-electron chi connectivity index (χ0n) is 11.7. The number of nitrogens with one attached hydrogen (secondary N) is 1. The number of carbonyl (C=O) groups excluding carboxylic acids is 1. The van der Waals surface area contributed by atoms with Crippen molar-refractivity contribution in [3.05, 3.63) is 33.9 Å². The number of nitro benzene ring substituents is 1. The molecule has 1 aromatic rings. The third-order valence-corrected chi connectivity index (χ3v) is 3.34. The van der Waals surface area contributed by atoms with Crippen molar-refractivity contribution < 1.29 is 14.5 Å². The predicted octanol–water partition coefficient (Wildman–Crippen LogP) is 0.436. The molecule has 8 heteroatoms. The van der Waals surface area contributed by atoms with Crippen molar-refractivity contribution in [2.75, 3.05) is 38.6 Å². The Balaban J connectivity index is 2.08. The molecule has 0 aromatic heterocycles. The summed E-state index contributed by atoms with van der Waals surface area (Å²) in [6, 6.07) is 4.13. The standard InChI is InChI=1S/C13H18N4O4/c1-16-4-5-21-10(8-16)7-15-11-3-2-9(13(14)18)6-12(11)17(19)20/h2-3,6,10,15H,4-5,7-8H2,1H3,(H2,14,18). The number of hydrogen-bond acceptors (Lipinski definition) is 6. The minimum absolute atomic E-state index is 0.0285. The van der Waals surface area contributed by atoms with Crippen molar-refractivity contribution in [3.63, 3.8) is 0 Å². The maximum Gasteiger partial charge on any atom is 0.293 e. The fourth-order valence-electron chi connectivity index (χ4n) is 2.20. The normalized spacial score (nSPS) is 19.2. The van der Waals surface area contributed by atoms with Gasteiger partial charge >= 0.3 is 0 Å². The summed E-state index contributed by atoms with van der Waals surface area (Å²) in [4.78, 5) is 23.8. The van der Waals surface area contributed by atoms with E-state index in [0.29, 0.717) is 18.8 Å². The number of ether oxygens (including phenoxy) is 1. The molecule has 1 aliphatic rings. The highest BCUT2D eigenvalue weighted by atomic mass is 16.6. The molecule has 1 heterocycles. The van der Waals surface area contributed by atoms with Crippen LogP contribution in [0.4, 0.5) is 11.4 Å². The van der Waals surface area contributed by atoms with E-state index in [2.05, 4.69) is 10.2 Å². The van der Waals surface area contributed by atoms with Gasteiger partial charge in [-0.3, -0.25) is 14.9 Å². The third kappa shape index (κ3) is 3.89. The lowest BCUT2D eigenvalue weighted by molar-refractivity contribution is -0.384. The summed E-state index contributed by atoms with van der Waals surface area (Å²) in [6.45, 7) is 2.75. The van der Waals surface area contributed by atoms with Gasteiger partial charge in [0, 0.05) is 31.3 Å². The number of primary amides is 1. The van der Waals surface area contributed by atoms with Crippen LogP contribution in [-0.2, 0) is 4.74 Å². The molecule has 2 rings (SSSR count). The topological polar surface area (TPSA) is 111 Å². The van der Waals surface area contributed by atoms with Gasteiger partial charge in [-0.2, -0.15) is 0 Å². The van der Waals surface area contributed by atoms with Gasteiger partial charge in [0.25, 0.3) is 5.69 Å². The maximum atomic E-state index is 11.1. The number of morpholine rings is 1. The molecule has 0 bridgehead atoms. The first kappa shape index (κ1) is 15.2. The highest BCUT2D eigenvalue weighted by Gasteiger charge is 2.20. The number of likely N-dealkylation sites (N-methyl/N-ethyl adjacent to an activating group) is 1. The number of anilines is 1. The zero-order valence-corrected chi connectivity index (χ0v) is 11.7. The third-order valence-electron chi connectivity index (χ3n) is 3.34. The summed E-state index contributed by atoms with van der Waals surface area (Å²) < 4.78 is 5.58. The number of amides is 1. The van der Waals surface area contributed by atoms with Gasteiger partial charge in [0.15, 0.2) is 0 Å². The smallest absolute Gasteiger partial charge is 0.293 e. The minimum atomic E-state index is -0.693. The molecule has 1 aliphatic heterocycles. The highest BCUT2D eigenvalue weighted by molar-refractivity contribution is 5.94. The second kappa shape index (κ2) is 6.51. The monoisotopic (exact) mass is 294 g/mol. The molecule has 1 unspecified atom stereocenters. The van der Waals surface area contributed by atoms with Gasteiger partial charge in [0.05, 0.1) is 17.6 Å². The molecule has 1 atom stereocenters. The number of rotatable bonds is 5. The molecular weight excluding hydrogens is 276 g/mol. The molecule has 0 radical (unpaired) electrons. The summed E-state index contributed by atoms with van der Waals surface area (Å²) in [5.41, 5.74) is 5.42. The Kier molecular flexibility index (Phi) is 4.71. The van der Waals surface area contributed by atoms with Gasteiger partial charge < -0.3 is 20.7 Å². The number of hydrogen-bond donors (Lipinski definition) is 2. The van der Waals surface area contributed by atoms with Crippen molar-refractivity contribution >= 4 is 17.3 Å². The summed E-state index contributed by atoms with van der Waals surface area (Å²) in [6.07, 6.45) is -0.0285. The van der Waals surface area contributed by atoms with Crippen molar-refractivity contribution in [1.29, 1.82) is 0 Å². The van der Waals surface area contributed by atoms with E-state index in [9.17, 15) is 14.9 Å². The summed E-state index contributed by atoms with van der Waals surface area (Å²) in [5.74, 6) is -0.693. The molecule has 21 heavy (non-hydrogen) atoms. The fraction of sp³-hybridized carbons (Fsp3) is 0.462. The Morgan fingerprint density at radius 1 is 1.62 bits per heavy atom. The van der Waals surface area contributed by atoms with Gasteiger partial charge in [0.1, 0.15) is 5.69 Å². The van der Waals surface area contributed by atoms with Gasteiger partial charge in [0.2, 0.25) is 5.91 Å². The number of benzene rings is 1. The van der Waals surface area contributed by atoms with Crippen LogP contribution in [0.1, 0.15) is 10.4 Å². The molecule has 1 fully saturated rings. The van der Waals surface area contributed by atoms with Crippen LogP contribution in [0.25, 0.3) is 0 Å². The Morgan fingerprint density at radius 2 is 2.38 bits per heavy atom. The van der Waals surface area contributed by atoms with Crippen molar-refractivity contribution in [2.24, 2.45) is 5.73 Å². The molecule has 0 aliphatic carbocycles. The Bertz CT molecular complexity index is 549. The lowest BCUT2D eigenvalue weighted by Gasteiger charge is -2.30. The number of nitrogens with zero attached hydrogens (tertiary/aromatic N) is 2. The summed E-state index contributed by atoms with van der Waals surface area (Å²) in [5, 5.41) is 14.1. The van der Waals surface area contributed by atoms with Crippen LogP contribution < -0.4 is 11.1 Å². The number of carbonyl (C=O) groups is 1. The molecule has 8 nitrogen and oxygen atoms in total. The minimum Gasteiger partial charge on any atom is -0.377 e.